The Morgan fingerprint density at radius 3 is 2.31 bits per heavy atom. The molecule has 2 aromatic carbocycles. The second kappa shape index (κ2) is 11.6. The Balaban J connectivity index is 1.57. The van der Waals surface area contributed by atoms with E-state index in [4.69, 9.17) is 10.5 Å². The minimum absolute atomic E-state index is 0.107. The molecule has 11 heteroatoms. The molecule has 1 fully saturated rings. The fourth-order valence-electron chi connectivity index (χ4n) is 4.81. The molecule has 2 heterocycles. The summed E-state index contributed by atoms with van der Waals surface area (Å²) in [6, 6.07) is 17.3. The van der Waals surface area contributed by atoms with Gasteiger partial charge in [-0.1, -0.05) is 60.7 Å². The first kappa shape index (κ1) is 28.3. The summed E-state index contributed by atoms with van der Waals surface area (Å²) in [6.07, 6.45) is 0.247. The van der Waals surface area contributed by atoms with E-state index in [-0.39, 0.29) is 44.2 Å². The number of halogens is 2. The first-order valence-corrected chi connectivity index (χ1v) is 12.8. The molecular weight excluding hydrogens is 508 g/mol. The smallest absolute Gasteiger partial charge is 0.336 e. The van der Waals surface area contributed by atoms with Crippen LogP contribution in [0.3, 0.4) is 0 Å². The molecule has 208 valence electrons. The van der Waals surface area contributed by atoms with Crippen molar-refractivity contribution >= 4 is 23.4 Å². The molecule has 1 unspecified atom stereocenters. The van der Waals surface area contributed by atoms with Crippen molar-refractivity contribution < 1.29 is 27.9 Å². The summed E-state index contributed by atoms with van der Waals surface area (Å²) in [6.45, 7) is -0.00239. The van der Waals surface area contributed by atoms with Crippen molar-refractivity contribution in [3.63, 3.8) is 0 Å². The summed E-state index contributed by atoms with van der Waals surface area (Å²) in [5.74, 6) is -1.89. The van der Waals surface area contributed by atoms with Crippen molar-refractivity contribution in [1.29, 1.82) is 0 Å². The van der Waals surface area contributed by atoms with Crippen LogP contribution < -0.4 is 11.1 Å². The first-order valence-electron chi connectivity index (χ1n) is 12.8. The zero-order valence-corrected chi connectivity index (χ0v) is 22.0. The molecule has 3 N–H and O–H groups in total. The highest BCUT2D eigenvalue weighted by atomic mass is 19.3. The number of carbonyl (C=O) groups is 3. The number of piperidine rings is 1. The lowest BCUT2D eigenvalue weighted by molar-refractivity contribution is -0.152. The minimum Gasteiger partial charge on any atom is -0.374 e. The maximum absolute atomic E-state index is 13.8. The van der Waals surface area contributed by atoms with Gasteiger partial charge in [-0.25, -0.2) is 0 Å². The van der Waals surface area contributed by atoms with Crippen molar-refractivity contribution in [2.75, 3.05) is 19.7 Å². The molecule has 2 atom stereocenters. The normalized spacial score (nSPS) is 20.1. The van der Waals surface area contributed by atoms with Crippen LogP contribution in [0.15, 0.2) is 65.8 Å². The van der Waals surface area contributed by atoms with Gasteiger partial charge in [0.15, 0.2) is 0 Å². The van der Waals surface area contributed by atoms with E-state index >= 15 is 0 Å². The molecule has 0 saturated carbocycles. The van der Waals surface area contributed by atoms with Crippen molar-refractivity contribution in [3.05, 3.63) is 71.8 Å². The van der Waals surface area contributed by atoms with Crippen molar-refractivity contribution in [1.82, 2.24) is 15.2 Å². The third-order valence-electron chi connectivity index (χ3n) is 6.91. The lowest BCUT2D eigenvalue weighted by Crippen LogP contribution is -2.61. The van der Waals surface area contributed by atoms with E-state index in [0.29, 0.717) is 5.71 Å². The van der Waals surface area contributed by atoms with Crippen LogP contribution >= 0.6 is 0 Å². The highest BCUT2D eigenvalue weighted by Crippen LogP contribution is 2.40. The molecule has 3 amide bonds. The third kappa shape index (κ3) is 6.31. The number of carbonyl (C=O) groups excluding carboxylic acids is 3. The van der Waals surface area contributed by atoms with Gasteiger partial charge in [0.05, 0.1) is 24.5 Å². The lowest BCUT2D eigenvalue weighted by Gasteiger charge is -2.40. The molecule has 0 spiro atoms. The number of nitrogens with one attached hydrogen (secondary N) is 1. The number of likely N-dealkylation sites (tertiary alicyclic amines) is 1. The van der Waals surface area contributed by atoms with Gasteiger partial charge >= 0.3 is 6.55 Å². The Labute approximate surface area is 226 Å². The number of amides is 3. The average Bonchev–Trinajstić information content (AvgIpc) is 3.19. The number of nitrogens with two attached hydrogens (primary N) is 1. The van der Waals surface area contributed by atoms with E-state index in [1.54, 1.807) is 24.3 Å². The second-order valence-corrected chi connectivity index (χ2v) is 10.5. The summed E-state index contributed by atoms with van der Waals surface area (Å²) in [4.78, 5) is 41.3. The molecule has 0 radical (unpaired) electrons. The number of fused-ring (bicyclic) bond motifs is 1. The Kier molecular flexibility index (Phi) is 8.41. The minimum atomic E-state index is -3.10. The second-order valence-electron chi connectivity index (χ2n) is 10.5. The number of rotatable bonds is 10. The van der Waals surface area contributed by atoms with E-state index in [9.17, 15) is 23.2 Å². The number of hydrazone groups is 1. The van der Waals surface area contributed by atoms with Gasteiger partial charge < -0.3 is 20.7 Å². The molecule has 0 aliphatic carbocycles. The van der Waals surface area contributed by atoms with Crippen LogP contribution in [-0.4, -0.2) is 71.2 Å². The van der Waals surface area contributed by atoms with Crippen LogP contribution in [0, 0.1) is 5.41 Å². The number of nitrogens with zero attached hydrogens (tertiary/aromatic N) is 3. The summed E-state index contributed by atoms with van der Waals surface area (Å²) < 4.78 is 33.2. The molecule has 4 rings (SSSR count). The maximum Gasteiger partial charge on any atom is 0.336 e. The molecule has 1 saturated heterocycles. The molecule has 2 aliphatic rings. The molecular formula is C28H33F2N5O4. The van der Waals surface area contributed by atoms with E-state index in [2.05, 4.69) is 10.4 Å². The van der Waals surface area contributed by atoms with Crippen LogP contribution in [0.2, 0.25) is 0 Å². The molecule has 39 heavy (non-hydrogen) atoms. The highest BCUT2D eigenvalue weighted by molar-refractivity contribution is 6.14. The van der Waals surface area contributed by atoms with Crippen molar-refractivity contribution in [2.24, 2.45) is 16.3 Å². The Bertz CT molecular complexity index is 1220. The van der Waals surface area contributed by atoms with Crippen LogP contribution in [-0.2, 0) is 32.1 Å². The van der Waals surface area contributed by atoms with Gasteiger partial charge in [0, 0.05) is 19.5 Å². The number of hydrogen-bond acceptors (Lipinski definition) is 6. The molecule has 9 nitrogen and oxygen atoms in total. The zero-order chi connectivity index (χ0) is 28.2. The number of alkyl halides is 2. The SMILES string of the molecule is CC(C)(N)C(=O)N[C@H](COCc1ccccc1)C(=O)N1CCC2=NN(C(F)F)C(=O)C2(Cc2ccccc2)C1. The molecule has 0 bridgehead atoms. The predicted molar refractivity (Wildman–Crippen MR) is 140 cm³/mol. The fraction of sp³-hybridized carbons (Fsp3) is 0.429. The molecule has 0 aromatic heterocycles. The zero-order valence-electron chi connectivity index (χ0n) is 22.0. The Hall–Kier alpha value is -3.70. The molecule has 2 aliphatic heterocycles. The molecule has 2 aromatic rings. The monoisotopic (exact) mass is 541 g/mol. The van der Waals surface area contributed by atoms with Crippen LogP contribution in [0.4, 0.5) is 8.78 Å². The maximum atomic E-state index is 13.8. The predicted octanol–water partition coefficient (Wildman–Crippen LogP) is 2.31. The summed E-state index contributed by atoms with van der Waals surface area (Å²) >= 11 is 0. The van der Waals surface area contributed by atoms with E-state index in [0.717, 1.165) is 11.1 Å². The van der Waals surface area contributed by atoms with Crippen LogP contribution in [0.25, 0.3) is 0 Å². The number of ether oxygens (including phenoxy) is 1. The van der Waals surface area contributed by atoms with Crippen LogP contribution in [0.1, 0.15) is 31.4 Å². The van der Waals surface area contributed by atoms with Crippen molar-refractivity contribution in [3.8, 4) is 0 Å². The number of hydrogen-bond donors (Lipinski definition) is 2. The van der Waals surface area contributed by atoms with Gasteiger partial charge in [-0.05, 0) is 31.4 Å². The van der Waals surface area contributed by atoms with Gasteiger partial charge in [0.1, 0.15) is 11.5 Å². The standard InChI is InChI=1S/C28H33F2N5O4/c1-27(2,31)24(37)32-21(17-39-16-20-11-7-4-8-12-20)23(36)34-14-13-22-28(18-34,15-19-9-5-3-6-10-19)25(38)35(33-22)26(29)30/h3-12,21,26H,13-18,31H2,1-2H3,(H,32,37)/t21-,28?/m1/s1. The van der Waals surface area contributed by atoms with E-state index in [1.807, 2.05) is 36.4 Å². The summed E-state index contributed by atoms with van der Waals surface area (Å²) in [5, 5.41) is 6.85. The Morgan fingerprint density at radius 2 is 1.72 bits per heavy atom. The van der Waals surface area contributed by atoms with Crippen molar-refractivity contribution in [2.45, 2.75) is 51.4 Å². The largest absolute Gasteiger partial charge is 0.374 e. The first-order chi connectivity index (χ1) is 18.5. The number of benzene rings is 2. The Morgan fingerprint density at radius 1 is 1.10 bits per heavy atom. The fourth-order valence-corrected chi connectivity index (χ4v) is 4.81. The van der Waals surface area contributed by atoms with Gasteiger partial charge in [-0.15, -0.1) is 0 Å². The average molecular weight is 542 g/mol. The summed E-state index contributed by atoms with van der Waals surface area (Å²) in [7, 11) is 0. The van der Waals surface area contributed by atoms with Gasteiger partial charge in [0.2, 0.25) is 11.8 Å². The van der Waals surface area contributed by atoms with Gasteiger partial charge in [-0.3, -0.25) is 14.4 Å². The topological polar surface area (TPSA) is 117 Å². The van der Waals surface area contributed by atoms with E-state index < -0.39 is 41.3 Å². The quantitative estimate of drug-likeness (QED) is 0.448. The lowest BCUT2D eigenvalue weighted by atomic mass is 9.73. The highest BCUT2D eigenvalue weighted by Gasteiger charge is 2.56. The van der Waals surface area contributed by atoms with Gasteiger partial charge in [0.25, 0.3) is 5.91 Å². The summed E-state index contributed by atoms with van der Waals surface area (Å²) in [5.41, 5.74) is 5.23. The third-order valence-corrected chi connectivity index (χ3v) is 6.91. The van der Waals surface area contributed by atoms with Crippen LogP contribution in [0.5, 0.6) is 0 Å². The van der Waals surface area contributed by atoms with Gasteiger partial charge in [-0.2, -0.15) is 18.9 Å². The van der Waals surface area contributed by atoms with E-state index in [1.165, 1.54) is 18.7 Å².